The molecular weight excluding hydrogens is 216 g/mol. The summed E-state index contributed by atoms with van der Waals surface area (Å²) in [6, 6.07) is 0. The van der Waals surface area contributed by atoms with Crippen molar-refractivity contribution in [2.24, 2.45) is 34.5 Å². The Kier molecular flexibility index (Phi) is 3.87. The molecular formula is C18H34. The molecule has 0 N–H and O–H groups in total. The van der Waals surface area contributed by atoms with Crippen LogP contribution in [-0.4, -0.2) is 0 Å². The fraction of sp³-hybridized carbons (Fsp3) is 1.00. The van der Waals surface area contributed by atoms with Crippen molar-refractivity contribution in [1.29, 1.82) is 0 Å². The molecule has 0 nitrogen and oxygen atoms in total. The van der Waals surface area contributed by atoms with Crippen molar-refractivity contribution in [2.45, 2.75) is 80.1 Å². The molecule has 6 atom stereocenters. The highest BCUT2D eigenvalue weighted by atomic mass is 14.5. The Labute approximate surface area is 115 Å². The first-order chi connectivity index (χ1) is 8.33. The van der Waals surface area contributed by atoms with E-state index in [2.05, 4.69) is 41.5 Å². The SMILES string of the molecule is CCC1(C)CC(C)C2CCC(C)C2(C)CCC1C. The molecule has 0 aromatic heterocycles. The fourth-order valence-electron chi connectivity index (χ4n) is 5.27. The Morgan fingerprint density at radius 3 is 2.22 bits per heavy atom. The van der Waals surface area contributed by atoms with E-state index >= 15 is 0 Å². The minimum Gasteiger partial charge on any atom is -0.0649 e. The smallest absolute Gasteiger partial charge is 0.0269 e. The standard InChI is InChI=1S/C18H34/c1-7-17(5)12-13(2)16-9-8-15(4)18(16,6)11-10-14(17)3/h13-16H,7-12H2,1-6H3. The van der Waals surface area contributed by atoms with Gasteiger partial charge in [-0.2, -0.15) is 0 Å². The zero-order valence-electron chi connectivity index (χ0n) is 13.6. The second-order valence-electron chi connectivity index (χ2n) is 8.22. The molecule has 2 fully saturated rings. The molecule has 2 rings (SSSR count). The number of rotatable bonds is 1. The summed E-state index contributed by atoms with van der Waals surface area (Å²) in [5.74, 6) is 3.76. The molecule has 0 aliphatic heterocycles. The van der Waals surface area contributed by atoms with Gasteiger partial charge >= 0.3 is 0 Å². The molecule has 0 bridgehead atoms. The van der Waals surface area contributed by atoms with Gasteiger partial charge in [0.1, 0.15) is 0 Å². The highest BCUT2D eigenvalue weighted by molar-refractivity contribution is 4.99. The van der Waals surface area contributed by atoms with Crippen LogP contribution in [0.4, 0.5) is 0 Å². The van der Waals surface area contributed by atoms with Crippen LogP contribution in [0.3, 0.4) is 0 Å². The van der Waals surface area contributed by atoms with Gasteiger partial charge in [-0.1, -0.05) is 48.0 Å². The average molecular weight is 250 g/mol. The summed E-state index contributed by atoms with van der Waals surface area (Å²) in [5, 5.41) is 0. The minimum absolute atomic E-state index is 0.590. The highest BCUT2D eigenvalue weighted by Crippen LogP contribution is 2.58. The highest BCUT2D eigenvalue weighted by Gasteiger charge is 2.49. The van der Waals surface area contributed by atoms with Crippen LogP contribution in [0.15, 0.2) is 0 Å². The first-order valence-electron chi connectivity index (χ1n) is 8.33. The van der Waals surface area contributed by atoms with Gasteiger partial charge < -0.3 is 0 Å². The van der Waals surface area contributed by atoms with Crippen LogP contribution in [-0.2, 0) is 0 Å². The summed E-state index contributed by atoms with van der Waals surface area (Å²) in [6.45, 7) is 15.1. The molecule has 2 aliphatic rings. The topological polar surface area (TPSA) is 0 Å². The van der Waals surface area contributed by atoms with Gasteiger partial charge in [-0.25, -0.2) is 0 Å². The summed E-state index contributed by atoms with van der Waals surface area (Å²) in [6.07, 6.45) is 8.71. The van der Waals surface area contributed by atoms with E-state index in [0.29, 0.717) is 10.8 Å². The molecule has 0 radical (unpaired) electrons. The monoisotopic (exact) mass is 250 g/mol. The number of fused-ring (bicyclic) bond motifs is 1. The van der Waals surface area contributed by atoms with Gasteiger partial charge in [-0.3, -0.25) is 0 Å². The number of hydrogen-bond donors (Lipinski definition) is 0. The molecule has 0 heterocycles. The third-order valence-corrected chi connectivity index (χ3v) is 7.47. The molecule has 106 valence electrons. The van der Waals surface area contributed by atoms with Crippen molar-refractivity contribution in [1.82, 2.24) is 0 Å². The fourth-order valence-corrected chi connectivity index (χ4v) is 5.27. The predicted molar refractivity (Wildman–Crippen MR) is 80.6 cm³/mol. The van der Waals surface area contributed by atoms with Crippen molar-refractivity contribution in [3.05, 3.63) is 0 Å². The van der Waals surface area contributed by atoms with E-state index < -0.39 is 0 Å². The Bertz CT molecular complexity index is 294. The third kappa shape index (κ3) is 2.14. The molecule has 0 aromatic carbocycles. The van der Waals surface area contributed by atoms with E-state index in [1.165, 1.54) is 38.5 Å². The Morgan fingerprint density at radius 2 is 1.61 bits per heavy atom. The second kappa shape index (κ2) is 4.84. The van der Waals surface area contributed by atoms with E-state index in [1.807, 2.05) is 0 Å². The first kappa shape index (κ1) is 14.4. The summed E-state index contributed by atoms with van der Waals surface area (Å²) in [4.78, 5) is 0. The minimum atomic E-state index is 0.590. The van der Waals surface area contributed by atoms with Crippen molar-refractivity contribution >= 4 is 0 Å². The van der Waals surface area contributed by atoms with Crippen LogP contribution >= 0.6 is 0 Å². The van der Waals surface area contributed by atoms with Crippen LogP contribution in [0.1, 0.15) is 80.1 Å². The summed E-state index contributed by atoms with van der Waals surface area (Å²) in [5.41, 5.74) is 1.23. The zero-order valence-corrected chi connectivity index (χ0v) is 13.6. The first-order valence-corrected chi connectivity index (χ1v) is 8.33. The lowest BCUT2D eigenvalue weighted by atomic mass is 9.57. The Balaban J connectivity index is 2.25. The van der Waals surface area contributed by atoms with Crippen LogP contribution in [0.5, 0.6) is 0 Å². The van der Waals surface area contributed by atoms with E-state index in [0.717, 1.165) is 23.7 Å². The summed E-state index contributed by atoms with van der Waals surface area (Å²) >= 11 is 0. The van der Waals surface area contributed by atoms with Crippen LogP contribution in [0, 0.1) is 34.5 Å². The van der Waals surface area contributed by atoms with Crippen LogP contribution in [0.25, 0.3) is 0 Å². The lowest BCUT2D eigenvalue weighted by Gasteiger charge is -2.48. The summed E-state index contributed by atoms with van der Waals surface area (Å²) < 4.78 is 0. The van der Waals surface area contributed by atoms with Gasteiger partial charge in [0.2, 0.25) is 0 Å². The maximum Gasteiger partial charge on any atom is -0.0269 e. The van der Waals surface area contributed by atoms with Gasteiger partial charge in [-0.15, -0.1) is 0 Å². The van der Waals surface area contributed by atoms with Crippen molar-refractivity contribution in [3.63, 3.8) is 0 Å². The third-order valence-electron chi connectivity index (χ3n) is 7.47. The molecule has 0 amide bonds. The van der Waals surface area contributed by atoms with Crippen molar-refractivity contribution in [2.75, 3.05) is 0 Å². The van der Waals surface area contributed by atoms with Crippen LogP contribution in [0.2, 0.25) is 0 Å². The van der Waals surface area contributed by atoms with E-state index in [1.54, 1.807) is 0 Å². The van der Waals surface area contributed by atoms with Gasteiger partial charge in [0, 0.05) is 0 Å². The molecule has 0 spiro atoms. The lowest BCUT2D eigenvalue weighted by molar-refractivity contribution is 0.0191. The van der Waals surface area contributed by atoms with Gasteiger partial charge in [0.05, 0.1) is 0 Å². The molecule has 2 aliphatic carbocycles. The molecule has 0 heteroatoms. The Morgan fingerprint density at radius 1 is 0.944 bits per heavy atom. The van der Waals surface area contributed by atoms with Gasteiger partial charge in [0.15, 0.2) is 0 Å². The molecule has 0 saturated heterocycles. The van der Waals surface area contributed by atoms with Crippen molar-refractivity contribution in [3.8, 4) is 0 Å². The molecule has 2 saturated carbocycles. The maximum atomic E-state index is 2.60. The van der Waals surface area contributed by atoms with Gasteiger partial charge in [-0.05, 0) is 66.6 Å². The quantitative estimate of drug-likeness (QED) is 0.542. The van der Waals surface area contributed by atoms with Gasteiger partial charge in [0.25, 0.3) is 0 Å². The van der Waals surface area contributed by atoms with E-state index in [9.17, 15) is 0 Å². The average Bonchev–Trinajstić information content (AvgIpc) is 2.62. The predicted octanol–water partition coefficient (Wildman–Crippen LogP) is 5.91. The summed E-state index contributed by atoms with van der Waals surface area (Å²) in [7, 11) is 0. The zero-order chi connectivity index (χ0) is 13.6. The normalized spacial score (nSPS) is 53.7. The largest absolute Gasteiger partial charge is 0.0649 e. The Hall–Kier alpha value is 0. The van der Waals surface area contributed by atoms with E-state index in [-0.39, 0.29) is 0 Å². The van der Waals surface area contributed by atoms with Crippen LogP contribution < -0.4 is 0 Å². The maximum absolute atomic E-state index is 2.60. The second-order valence-corrected chi connectivity index (χ2v) is 8.22. The van der Waals surface area contributed by atoms with Crippen molar-refractivity contribution < 1.29 is 0 Å². The molecule has 18 heavy (non-hydrogen) atoms. The molecule has 6 unspecified atom stereocenters. The van der Waals surface area contributed by atoms with E-state index in [4.69, 9.17) is 0 Å². The number of hydrogen-bond acceptors (Lipinski definition) is 0. The molecule has 0 aromatic rings. The lowest BCUT2D eigenvalue weighted by Crippen LogP contribution is -2.39.